The molecule has 0 aromatic heterocycles. The number of carbonyl (C=O) groups is 2. The molecule has 3 amide bonds. The summed E-state index contributed by atoms with van der Waals surface area (Å²) in [5.74, 6) is -0.674. The van der Waals surface area contributed by atoms with Gasteiger partial charge in [-0.05, 0) is 43.7 Å². The van der Waals surface area contributed by atoms with Crippen molar-refractivity contribution in [3.05, 3.63) is 59.9 Å². The van der Waals surface area contributed by atoms with E-state index >= 15 is 0 Å². The monoisotopic (exact) mass is 329 g/mol. The molecule has 6 heteroatoms. The lowest BCUT2D eigenvalue weighted by molar-refractivity contribution is -0.115. The Morgan fingerprint density at radius 2 is 1.67 bits per heavy atom. The van der Waals surface area contributed by atoms with E-state index in [1.807, 2.05) is 13.8 Å². The second-order valence-electron chi connectivity index (χ2n) is 5.65. The summed E-state index contributed by atoms with van der Waals surface area (Å²) in [5.41, 5.74) is 1.55. The van der Waals surface area contributed by atoms with E-state index < -0.39 is 0 Å². The number of halogens is 1. The van der Waals surface area contributed by atoms with Crippen molar-refractivity contribution in [1.29, 1.82) is 0 Å². The standard InChI is InChI=1S/C18H20FN3O2/c1-12(2)20-18(24)22-16-9-4-3-8-15(16)21-17(23)11-13-6-5-7-14(19)10-13/h3-10,12H,11H2,1-2H3,(H,21,23)(H2,20,22,24). The van der Waals surface area contributed by atoms with Crippen molar-refractivity contribution < 1.29 is 14.0 Å². The number of carbonyl (C=O) groups excluding carboxylic acids is 2. The van der Waals surface area contributed by atoms with Crippen LogP contribution >= 0.6 is 0 Å². The third-order valence-corrected chi connectivity index (χ3v) is 3.12. The second-order valence-corrected chi connectivity index (χ2v) is 5.65. The minimum Gasteiger partial charge on any atom is -0.336 e. The van der Waals surface area contributed by atoms with Gasteiger partial charge in [-0.1, -0.05) is 24.3 Å². The van der Waals surface area contributed by atoms with E-state index in [4.69, 9.17) is 0 Å². The number of nitrogens with one attached hydrogen (secondary N) is 3. The van der Waals surface area contributed by atoms with Crippen molar-refractivity contribution in [2.45, 2.75) is 26.3 Å². The third kappa shape index (κ3) is 5.39. The molecule has 0 aliphatic carbocycles. The van der Waals surface area contributed by atoms with Crippen molar-refractivity contribution >= 4 is 23.3 Å². The molecule has 5 nitrogen and oxygen atoms in total. The average molecular weight is 329 g/mol. The molecule has 0 atom stereocenters. The number of anilines is 2. The zero-order chi connectivity index (χ0) is 17.5. The van der Waals surface area contributed by atoms with Gasteiger partial charge in [0.1, 0.15) is 5.82 Å². The Balaban J connectivity index is 2.04. The minimum absolute atomic E-state index is 0.000250. The van der Waals surface area contributed by atoms with Gasteiger partial charge in [0.2, 0.25) is 5.91 Å². The van der Waals surface area contributed by atoms with Gasteiger partial charge in [-0.15, -0.1) is 0 Å². The predicted octanol–water partition coefficient (Wildman–Crippen LogP) is 3.54. The van der Waals surface area contributed by atoms with Gasteiger partial charge >= 0.3 is 6.03 Å². The molecular formula is C18H20FN3O2. The Morgan fingerprint density at radius 3 is 2.29 bits per heavy atom. The fraction of sp³-hybridized carbons (Fsp3) is 0.222. The summed E-state index contributed by atoms with van der Waals surface area (Å²) in [5, 5.41) is 8.14. The van der Waals surface area contributed by atoms with E-state index in [0.717, 1.165) is 0 Å². The Morgan fingerprint density at radius 1 is 1.00 bits per heavy atom. The lowest BCUT2D eigenvalue weighted by atomic mass is 10.1. The van der Waals surface area contributed by atoms with Gasteiger partial charge in [0, 0.05) is 6.04 Å². The number of urea groups is 1. The number of amides is 3. The predicted molar refractivity (Wildman–Crippen MR) is 92.5 cm³/mol. The van der Waals surface area contributed by atoms with Crippen LogP contribution in [0.1, 0.15) is 19.4 Å². The van der Waals surface area contributed by atoms with Gasteiger partial charge in [0.05, 0.1) is 17.8 Å². The summed E-state index contributed by atoms with van der Waals surface area (Å²) in [4.78, 5) is 24.0. The number of rotatable bonds is 5. The van der Waals surface area contributed by atoms with Gasteiger partial charge in [-0.2, -0.15) is 0 Å². The van der Waals surface area contributed by atoms with Crippen LogP contribution in [0.25, 0.3) is 0 Å². The molecule has 0 aliphatic heterocycles. The highest BCUT2D eigenvalue weighted by Crippen LogP contribution is 2.21. The summed E-state index contributed by atoms with van der Waals surface area (Å²) in [7, 11) is 0. The summed E-state index contributed by atoms with van der Waals surface area (Å²) in [6, 6.07) is 12.4. The van der Waals surface area contributed by atoms with Crippen LogP contribution in [-0.4, -0.2) is 18.0 Å². The van der Waals surface area contributed by atoms with E-state index in [0.29, 0.717) is 16.9 Å². The van der Waals surface area contributed by atoms with Gasteiger partial charge < -0.3 is 16.0 Å². The molecule has 0 unspecified atom stereocenters. The summed E-state index contributed by atoms with van der Waals surface area (Å²) in [6.45, 7) is 3.71. The zero-order valence-corrected chi connectivity index (χ0v) is 13.6. The molecule has 0 spiro atoms. The largest absolute Gasteiger partial charge is 0.336 e. The van der Waals surface area contributed by atoms with Crippen molar-refractivity contribution in [1.82, 2.24) is 5.32 Å². The molecule has 2 rings (SSSR count). The SMILES string of the molecule is CC(C)NC(=O)Nc1ccccc1NC(=O)Cc1cccc(F)c1. The van der Waals surface area contributed by atoms with Gasteiger partial charge in [0.25, 0.3) is 0 Å². The van der Waals surface area contributed by atoms with Crippen LogP contribution in [0.15, 0.2) is 48.5 Å². The molecule has 126 valence electrons. The van der Waals surface area contributed by atoms with E-state index in [1.54, 1.807) is 36.4 Å². The fourth-order valence-electron chi connectivity index (χ4n) is 2.15. The van der Waals surface area contributed by atoms with Crippen LogP contribution in [0, 0.1) is 5.82 Å². The number of hydrogen-bond donors (Lipinski definition) is 3. The summed E-state index contributed by atoms with van der Waals surface area (Å²) >= 11 is 0. The zero-order valence-electron chi connectivity index (χ0n) is 13.6. The van der Waals surface area contributed by atoms with Gasteiger partial charge in [-0.25, -0.2) is 9.18 Å². The van der Waals surface area contributed by atoms with Gasteiger partial charge in [0.15, 0.2) is 0 Å². The van der Waals surface area contributed by atoms with E-state index in [2.05, 4.69) is 16.0 Å². The van der Waals surface area contributed by atoms with Crippen LogP contribution in [0.3, 0.4) is 0 Å². The van der Waals surface area contributed by atoms with Crippen molar-refractivity contribution in [2.24, 2.45) is 0 Å². The Bertz CT molecular complexity index is 732. The summed E-state index contributed by atoms with van der Waals surface area (Å²) in [6.07, 6.45) is 0.0459. The second kappa shape index (κ2) is 8.10. The molecule has 0 saturated heterocycles. The number of benzene rings is 2. The van der Waals surface area contributed by atoms with Crippen LogP contribution in [0.5, 0.6) is 0 Å². The van der Waals surface area contributed by atoms with Crippen LogP contribution < -0.4 is 16.0 Å². The quantitative estimate of drug-likeness (QED) is 0.785. The molecule has 3 N–H and O–H groups in total. The molecule has 2 aromatic carbocycles. The number of hydrogen-bond acceptors (Lipinski definition) is 2. The molecule has 2 aromatic rings. The normalized spacial score (nSPS) is 10.3. The first-order chi connectivity index (χ1) is 11.4. The Hall–Kier alpha value is -2.89. The van der Waals surface area contributed by atoms with E-state index in [-0.39, 0.29) is 30.2 Å². The van der Waals surface area contributed by atoms with Crippen LogP contribution in [0.2, 0.25) is 0 Å². The van der Waals surface area contributed by atoms with Crippen LogP contribution in [-0.2, 0) is 11.2 Å². The lowest BCUT2D eigenvalue weighted by Crippen LogP contribution is -2.34. The molecule has 24 heavy (non-hydrogen) atoms. The lowest BCUT2D eigenvalue weighted by Gasteiger charge is -2.14. The molecule has 0 saturated carbocycles. The first-order valence-electron chi connectivity index (χ1n) is 7.65. The van der Waals surface area contributed by atoms with Crippen LogP contribution in [0.4, 0.5) is 20.6 Å². The summed E-state index contributed by atoms with van der Waals surface area (Å²) < 4.78 is 13.2. The van der Waals surface area contributed by atoms with Gasteiger partial charge in [-0.3, -0.25) is 4.79 Å². The van der Waals surface area contributed by atoms with E-state index in [1.165, 1.54) is 12.1 Å². The van der Waals surface area contributed by atoms with E-state index in [9.17, 15) is 14.0 Å². The maximum atomic E-state index is 13.2. The molecular weight excluding hydrogens is 309 g/mol. The highest BCUT2D eigenvalue weighted by molar-refractivity contribution is 5.99. The molecule has 0 radical (unpaired) electrons. The maximum absolute atomic E-state index is 13.2. The number of para-hydroxylation sites is 2. The van der Waals surface area contributed by atoms with Crippen molar-refractivity contribution in [3.63, 3.8) is 0 Å². The topological polar surface area (TPSA) is 70.2 Å². The highest BCUT2D eigenvalue weighted by Gasteiger charge is 2.10. The average Bonchev–Trinajstić information content (AvgIpc) is 2.48. The first kappa shape index (κ1) is 17.5. The third-order valence-electron chi connectivity index (χ3n) is 3.12. The van der Waals surface area contributed by atoms with Crippen molar-refractivity contribution in [2.75, 3.05) is 10.6 Å². The Labute approximate surface area is 140 Å². The minimum atomic E-state index is -0.382. The molecule has 0 fully saturated rings. The molecule has 0 heterocycles. The smallest absolute Gasteiger partial charge is 0.319 e. The molecule has 0 bridgehead atoms. The van der Waals surface area contributed by atoms with Crippen molar-refractivity contribution in [3.8, 4) is 0 Å². The molecule has 0 aliphatic rings. The fourth-order valence-corrected chi connectivity index (χ4v) is 2.15. The maximum Gasteiger partial charge on any atom is 0.319 e. The highest BCUT2D eigenvalue weighted by atomic mass is 19.1. The Kier molecular flexibility index (Phi) is 5.89. The first-order valence-corrected chi connectivity index (χ1v) is 7.65.